The van der Waals surface area contributed by atoms with Gasteiger partial charge in [-0.15, -0.1) is 0 Å². The van der Waals surface area contributed by atoms with Crippen LogP contribution < -0.4 is 26.5 Å². The minimum absolute atomic E-state index is 0.734. The van der Waals surface area contributed by atoms with Crippen LogP contribution in [-0.2, 0) is 0 Å². The molecule has 0 heterocycles. The zero-order chi connectivity index (χ0) is 11.3. The maximum absolute atomic E-state index is 10.7. The van der Waals surface area contributed by atoms with Gasteiger partial charge in [-0.1, -0.05) is 0 Å². The average Bonchev–Trinajstić information content (AvgIpc) is 2.27. The molecule has 0 aliphatic rings. The van der Waals surface area contributed by atoms with Crippen LogP contribution in [0.4, 0.5) is 0 Å². The van der Waals surface area contributed by atoms with E-state index in [1.54, 1.807) is 0 Å². The van der Waals surface area contributed by atoms with E-state index in [4.69, 9.17) is 10.2 Å². The van der Waals surface area contributed by atoms with E-state index in [1.807, 2.05) is 0 Å². The van der Waals surface area contributed by atoms with Gasteiger partial charge in [0.2, 0.25) is 23.0 Å². The van der Waals surface area contributed by atoms with Gasteiger partial charge in [-0.3, -0.25) is 19.2 Å². The Morgan fingerprint density at radius 1 is 0.667 bits per heavy atom. The van der Waals surface area contributed by atoms with E-state index in [2.05, 4.69) is 4.74 Å². The maximum Gasteiger partial charge on any atom is 0.276 e. The zero-order valence-electron chi connectivity index (χ0n) is 6.94. The predicted molar refractivity (Wildman–Crippen MR) is 46.1 cm³/mol. The highest BCUT2D eigenvalue weighted by atomic mass is 16.5. The molecule has 0 radical (unpaired) electrons. The van der Waals surface area contributed by atoms with Gasteiger partial charge >= 0.3 is 0 Å². The molecule has 0 atom stereocenters. The van der Waals surface area contributed by atoms with Crippen LogP contribution in [-0.4, -0.2) is 10.2 Å². The molecule has 0 aromatic heterocycles. The standard InChI is InChI=1S/C8H2O7/c9-1-3(11)7(4(1)12)15-8-5(13)2(10)6(8)14/h11,13H. The van der Waals surface area contributed by atoms with Crippen molar-refractivity contribution in [2.45, 2.75) is 0 Å². The van der Waals surface area contributed by atoms with Crippen molar-refractivity contribution in [2.24, 2.45) is 0 Å². The largest absolute Gasteiger partial charge is 0.501 e. The van der Waals surface area contributed by atoms with Crippen LogP contribution in [0.2, 0.25) is 0 Å². The highest BCUT2D eigenvalue weighted by Crippen LogP contribution is 2.28. The van der Waals surface area contributed by atoms with E-state index in [9.17, 15) is 19.2 Å². The van der Waals surface area contributed by atoms with Gasteiger partial charge in [0.15, 0.2) is 0 Å². The van der Waals surface area contributed by atoms with Crippen molar-refractivity contribution in [1.29, 1.82) is 0 Å². The van der Waals surface area contributed by atoms with Crippen molar-refractivity contribution >= 4 is 0 Å². The first-order valence-corrected chi connectivity index (χ1v) is 3.67. The van der Waals surface area contributed by atoms with Crippen LogP contribution in [0.5, 0.6) is 23.0 Å². The van der Waals surface area contributed by atoms with Crippen LogP contribution in [0.1, 0.15) is 0 Å². The van der Waals surface area contributed by atoms with Crippen molar-refractivity contribution in [2.75, 3.05) is 0 Å². The van der Waals surface area contributed by atoms with Gasteiger partial charge in [0.05, 0.1) is 0 Å². The lowest BCUT2D eigenvalue weighted by Crippen LogP contribution is -2.35. The summed E-state index contributed by atoms with van der Waals surface area (Å²) in [6.07, 6.45) is 0. The molecule has 0 saturated carbocycles. The van der Waals surface area contributed by atoms with Crippen molar-refractivity contribution in [3.8, 4) is 23.0 Å². The summed E-state index contributed by atoms with van der Waals surface area (Å²) >= 11 is 0. The topological polar surface area (TPSA) is 118 Å². The zero-order valence-corrected chi connectivity index (χ0v) is 6.94. The van der Waals surface area contributed by atoms with Crippen LogP contribution in [0.25, 0.3) is 0 Å². The molecule has 0 unspecified atom stereocenters. The highest BCUT2D eigenvalue weighted by molar-refractivity contribution is 5.52. The molecule has 0 spiro atoms. The lowest BCUT2D eigenvalue weighted by molar-refractivity contribution is 0.360. The Labute approximate surface area is 79.8 Å². The summed E-state index contributed by atoms with van der Waals surface area (Å²) < 4.78 is 4.43. The summed E-state index contributed by atoms with van der Waals surface area (Å²) in [4.78, 5) is 42.5. The summed E-state index contributed by atoms with van der Waals surface area (Å²) in [6, 6.07) is 0. The minimum atomic E-state index is -1.14. The van der Waals surface area contributed by atoms with Gasteiger partial charge in [-0.05, 0) is 0 Å². The molecular formula is C8H2O7. The Kier molecular flexibility index (Phi) is 1.54. The van der Waals surface area contributed by atoms with Gasteiger partial charge in [0.1, 0.15) is 0 Å². The Balaban J connectivity index is 2.42. The summed E-state index contributed by atoms with van der Waals surface area (Å²) in [6.45, 7) is 0. The molecule has 2 N–H and O–H groups in total. The van der Waals surface area contributed by atoms with Crippen molar-refractivity contribution in [3.05, 3.63) is 40.9 Å². The molecule has 0 aliphatic carbocycles. The first kappa shape index (κ1) is 9.13. The summed E-state index contributed by atoms with van der Waals surface area (Å²) in [5.41, 5.74) is -4.49. The van der Waals surface area contributed by atoms with E-state index in [0.29, 0.717) is 0 Å². The second-order valence-electron chi connectivity index (χ2n) is 2.77. The molecule has 0 amide bonds. The third-order valence-electron chi connectivity index (χ3n) is 1.89. The number of ether oxygens (including phenoxy) is 1. The molecule has 2 aromatic rings. The SMILES string of the molecule is O=c1c(O)c(Oc2c(O)c(=O)c2=O)c1=O. The summed E-state index contributed by atoms with van der Waals surface area (Å²) in [5, 5.41) is 17.7. The van der Waals surface area contributed by atoms with Crippen LogP contribution >= 0.6 is 0 Å². The lowest BCUT2D eigenvalue weighted by Gasteiger charge is -2.09. The van der Waals surface area contributed by atoms with E-state index in [-0.39, 0.29) is 0 Å². The van der Waals surface area contributed by atoms with Crippen molar-refractivity contribution in [3.63, 3.8) is 0 Å². The fourth-order valence-corrected chi connectivity index (χ4v) is 1.01. The van der Waals surface area contributed by atoms with Crippen molar-refractivity contribution < 1.29 is 14.9 Å². The first-order chi connectivity index (χ1) is 6.95. The third kappa shape index (κ3) is 0.938. The minimum Gasteiger partial charge on any atom is -0.501 e. The quantitative estimate of drug-likeness (QED) is 0.554. The molecule has 0 aliphatic heterocycles. The molecule has 76 valence electrons. The Morgan fingerprint density at radius 3 is 1.27 bits per heavy atom. The van der Waals surface area contributed by atoms with Crippen molar-refractivity contribution in [1.82, 2.24) is 0 Å². The molecule has 0 fully saturated rings. The van der Waals surface area contributed by atoms with Gasteiger partial charge in [0, 0.05) is 0 Å². The predicted octanol–water partition coefficient (Wildman–Crippen LogP) is -1.92. The fourth-order valence-electron chi connectivity index (χ4n) is 1.01. The molecule has 2 aromatic carbocycles. The van der Waals surface area contributed by atoms with Crippen LogP contribution in [0.3, 0.4) is 0 Å². The smallest absolute Gasteiger partial charge is 0.276 e. The normalized spacial score (nSPS) is 10.9. The molecule has 0 bridgehead atoms. The Bertz CT molecular complexity index is 630. The molecule has 7 nitrogen and oxygen atoms in total. The summed E-state index contributed by atoms with van der Waals surface area (Å²) in [5.74, 6) is -3.32. The van der Waals surface area contributed by atoms with E-state index >= 15 is 0 Å². The molecule has 2 rings (SSSR count). The van der Waals surface area contributed by atoms with Gasteiger partial charge in [-0.25, -0.2) is 0 Å². The molecular weight excluding hydrogens is 208 g/mol. The lowest BCUT2D eigenvalue weighted by atomic mass is 10.2. The van der Waals surface area contributed by atoms with Crippen LogP contribution in [0.15, 0.2) is 19.2 Å². The number of hydrogen-bond acceptors (Lipinski definition) is 7. The Hall–Kier alpha value is -2.44. The number of aromatic hydroxyl groups is 2. The second kappa shape index (κ2) is 2.53. The maximum atomic E-state index is 10.7. The second-order valence-corrected chi connectivity index (χ2v) is 2.77. The third-order valence-corrected chi connectivity index (χ3v) is 1.89. The molecule has 15 heavy (non-hydrogen) atoms. The van der Waals surface area contributed by atoms with E-state index in [1.165, 1.54) is 0 Å². The average molecular weight is 210 g/mol. The summed E-state index contributed by atoms with van der Waals surface area (Å²) in [7, 11) is 0. The Morgan fingerprint density at radius 2 is 1.00 bits per heavy atom. The van der Waals surface area contributed by atoms with Gasteiger partial charge < -0.3 is 14.9 Å². The van der Waals surface area contributed by atoms with Gasteiger partial charge in [-0.2, -0.15) is 0 Å². The van der Waals surface area contributed by atoms with E-state index < -0.39 is 44.7 Å². The highest BCUT2D eigenvalue weighted by Gasteiger charge is 2.28. The van der Waals surface area contributed by atoms with Crippen LogP contribution in [0, 0.1) is 0 Å². The number of hydrogen-bond donors (Lipinski definition) is 2. The monoisotopic (exact) mass is 210 g/mol. The number of rotatable bonds is 2. The van der Waals surface area contributed by atoms with Gasteiger partial charge in [0.25, 0.3) is 21.7 Å². The first-order valence-electron chi connectivity index (χ1n) is 3.67. The fraction of sp³-hybridized carbons (Fsp3) is 0. The van der Waals surface area contributed by atoms with E-state index in [0.717, 1.165) is 0 Å². The molecule has 0 saturated heterocycles. The molecule has 7 heteroatoms.